The Morgan fingerprint density at radius 2 is 1.33 bits per heavy atom. The van der Waals surface area contributed by atoms with Gasteiger partial charge in [0.05, 0.1) is 0 Å². The summed E-state index contributed by atoms with van der Waals surface area (Å²) in [6.07, 6.45) is 2.63. The number of allylic oxidation sites excluding steroid dienone is 2. The summed E-state index contributed by atoms with van der Waals surface area (Å²) in [6.45, 7) is 10.8. The summed E-state index contributed by atoms with van der Waals surface area (Å²) in [7, 11) is 0. The van der Waals surface area contributed by atoms with E-state index >= 15 is 0 Å². The third kappa shape index (κ3) is 7.31. The minimum Gasteiger partial charge on any atom is -0.328 e. The molecule has 5 nitrogen and oxygen atoms in total. The second kappa shape index (κ2) is 14.0. The van der Waals surface area contributed by atoms with Crippen LogP contribution in [0.25, 0.3) is 33.3 Å². The summed E-state index contributed by atoms with van der Waals surface area (Å²) in [5, 5.41) is 6.10. The van der Waals surface area contributed by atoms with E-state index in [1.165, 1.54) is 21.9 Å². The number of nitrogens with zero attached hydrogens (tertiary/aromatic N) is 4. The van der Waals surface area contributed by atoms with E-state index in [2.05, 4.69) is 126 Å². The van der Waals surface area contributed by atoms with Gasteiger partial charge >= 0.3 is 0 Å². The van der Waals surface area contributed by atoms with Crippen LogP contribution in [0.1, 0.15) is 53.2 Å². The van der Waals surface area contributed by atoms with E-state index in [0.717, 1.165) is 56.7 Å². The molecule has 5 aromatic carbocycles. The molecule has 6 aromatic rings. The number of benzene rings is 5. The van der Waals surface area contributed by atoms with Gasteiger partial charge in [0.2, 0.25) is 0 Å². The van der Waals surface area contributed by atoms with Gasteiger partial charge in [0.1, 0.15) is 11.7 Å². The van der Waals surface area contributed by atoms with Crippen LogP contribution < -0.4 is 5.32 Å². The zero-order valence-electron chi connectivity index (χ0n) is 28.1. The number of amidine groups is 2. The van der Waals surface area contributed by atoms with Crippen LogP contribution in [0.5, 0.6) is 0 Å². The molecular weight excluding hydrogens is 599 g/mol. The number of nitrogens with one attached hydrogen (secondary N) is 1. The minimum absolute atomic E-state index is 0.0955. The largest absolute Gasteiger partial charge is 0.328 e. The van der Waals surface area contributed by atoms with Crippen LogP contribution >= 0.6 is 0 Å². The Labute approximate surface area is 288 Å². The monoisotopic (exact) mass is 637 g/mol. The van der Waals surface area contributed by atoms with Gasteiger partial charge in [0, 0.05) is 28.4 Å². The van der Waals surface area contributed by atoms with Crippen LogP contribution in [-0.4, -0.2) is 21.6 Å². The lowest BCUT2D eigenvalue weighted by Gasteiger charge is -2.27. The van der Waals surface area contributed by atoms with Crippen molar-refractivity contribution >= 4 is 33.6 Å². The molecule has 0 amide bonds. The zero-order valence-corrected chi connectivity index (χ0v) is 28.1. The molecule has 49 heavy (non-hydrogen) atoms. The Bertz CT molecular complexity index is 2190. The summed E-state index contributed by atoms with van der Waals surface area (Å²) in [5.41, 5.74) is 9.42. The van der Waals surface area contributed by atoms with Crippen molar-refractivity contribution in [2.75, 3.05) is 0 Å². The third-order valence-electron chi connectivity index (χ3n) is 8.91. The molecule has 0 aliphatic carbocycles. The smallest absolute Gasteiger partial charge is 0.169 e. The third-order valence-corrected chi connectivity index (χ3v) is 8.91. The normalized spacial score (nSPS) is 15.2. The maximum Gasteiger partial charge on any atom is 0.169 e. The molecule has 240 valence electrons. The Morgan fingerprint density at radius 1 is 0.694 bits per heavy atom. The highest BCUT2D eigenvalue weighted by atomic mass is 15.2. The van der Waals surface area contributed by atoms with Gasteiger partial charge in [-0.3, -0.25) is 0 Å². The average Bonchev–Trinajstić information content (AvgIpc) is 3.14. The lowest BCUT2D eigenvalue weighted by atomic mass is 9.90. The molecule has 1 aliphatic heterocycles. The predicted molar refractivity (Wildman–Crippen MR) is 204 cm³/mol. The summed E-state index contributed by atoms with van der Waals surface area (Å²) >= 11 is 0. The van der Waals surface area contributed by atoms with Crippen LogP contribution in [0.2, 0.25) is 0 Å². The van der Waals surface area contributed by atoms with E-state index in [9.17, 15) is 0 Å². The Kier molecular flexibility index (Phi) is 9.07. The van der Waals surface area contributed by atoms with Crippen molar-refractivity contribution in [2.24, 2.45) is 15.9 Å². The molecule has 1 aromatic heterocycles. The Morgan fingerprint density at radius 3 is 2.04 bits per heavy atom. The summed E-state index contributed by atoms with van der Waals surface area (Å²) in [6, 6.07) is 46.1. The van der Waals surface area contributed by atoms with E-state index in [4.69, 9.17) is 9.98 Å². The number of rotatable bonds is 9. The maximum atomic E-state index is 5.26. The fourth-order valence-corrected chi connectivity index (χ4v) is 6.33. The van der Waals surface area contributed by atoms with Crippen LogP contribution in [0, 0.1) is 19.8 Å². The van der Waals surface area contributed by atoms with Gasteiger partial charge in [0.25, 0.3) is 0 Å². The van der Waals surface area contributed by atoms with E-state index < -0.39 is 0 Å². The van der Waals surface area contributed by atoms with Gasteiger partial charge in [-0.05, 0) is 77.9 Å². The van der Waals surface area contributed by atoms with E-state index in [0.29, 0.717) is 6.42 Å². The fraction of sp³-hybridized carbons (Fsp3) is 0.136. The number of hydrogen-bond donors (Lipinski definition) is 1. The first-order valence-electron chi connectivity index (χ1n) is 16.7. The average molecular weight is 638 g/mol. The number of fused-ring (bicyclic) bond motifs is 1. The Balaban J connectivity index is 1.26. The highest BCUT2D eigenvalue weighted by Crippen LogP contribution is 2.31. The lowest BCUT2D eigenvalue weighted by Crippen LogP contribution is -2.39. The zero-order chi connectivity index (χ0) is 33.7. The van der Waals surface area contributed by atoms with Crippen molar-refractivity contribution in [1.29, 1.82) is 0 Å². The Hall–Kier alpha value is -5.94. The van der Waals surface area contributed by atoms with Gasteiger partial charge in [-0.25, -0.2) is 20.0 Å². The lowest BCUT2D eigenvalue weighted by molar-refractivity contribution is 0.725. The number of aliphatic imine (C=N–C) groups is 2. The van der Waals surface area contributed by atoms with Crippen molar-refractivity contribution in [2.45, 2.75) is 33.4 Å². The summed E-state index contributed by atoms with van der Waals surface area (Å²) < 4.78 is 0. The molecule has 0 saturated heterocycles. The van der Waals surface area contributed by atoms with Gasteiger partial charge in [-0.1, -0.05) is 134 Å². The molecule has 2 atom stereocenters. The van der Waals surface area contributed by atoms with E-state index in [-0.39, 0.29) is 12.1 Å². The minimum atomic E-state index is -0.366. The maximum absolute atomic E-state index is 5.26. The van der Waals surface area contributed by atoms with E-state index in [1.54, 1.807) is 0 Å². The molecule has 5 heteroatoms. The quantitative estimate of drug-likeness (QED) is 0.172. The molecule has 1 N–H and O–H groups in total. The highest BCUT2D eigenvalue weighted by molar-refractivity contribution is 6.12. The number of aromatic nitrogens is 2. The second-order valence-corrected chi connectivity index (χ2v) is 12.6. The van der Waals surface area contributed by atoms with Crippen LogP contribution in [0.3, 0.4) is 0 Å². The van der Waals surface area contributed by atoms with Crippen molar-refractivity contribution in [3.05, 3.63) is 180 Å². The molecule has 7 rings (SSSR count). The van der Waals surface area contributed by atoms with Crippen molar-refractivity contribution in [1.82, 2.24) is 15.3 Å². The van der Waals surface area contributed by atoms with Crippen molar-refractivity contribution < 1.29 is 0 Å². The van der Waals surface area contributed by atoms with Crippen LogP contribution in [0.15, 0.2) is 156 Å². The summed E-state index contributed by atoms with van der Waals surface area (Å²) in [5.74, 6) is 2.32. The SMILES string of the molecule is C=C(CC(/C=C(\C)c1ccc2ccccc2c1)C1=NC(c2ccccc2)N=C(c2ccccc2)N1)c1ccc(-c2nc(C)cc(C)n2)cc1. The first kappa shape index (κ1) is 31.6. The van der Waals surface area contributed by atoms with Gasteiger partial charge in [0.15, 0.2) is 12.0 Å². The molecule has 0 radical (unpaired) electrons. The first-order chi connectivity index (χ1) is 23.9. The predicted octanol–water partition coefficient (Wildman–Crippen LogP) is 10.2. The molecule has 0 bridgehead atoms. The molecule has 2 heterocycles. The second-order valence-electron chi connectivity index (χ2n) is 12.6. The number of aryl methyl sites for hydroxylation is 2. The van der Waals surface area contributed by atoms with E-state index in [1.807, 2.05) is 56.3 Å². The van der Waals surface area contributed by atoms with Gasteiger partial charge < -0.3 is 5.32 Å². The standard InChI is InChI=1S/C44H39N5/c1-29(33-19-22-37(23-20-33)41-45-31(3)27-32(4)46-41)25-40(26-30(2)38-24-21-34-13-11-12-18-39(34)28-38)44-48-42(35-14-7-5-8-15-35)47-43(49-44)36-16-9-6-10-17-36/h5-24,26-28,40,42H,1,25H2,2-4H3,(H,47,48,49)/b30-26+. The fourth-order valence-electron chi connectivity index (χ4n) is 6.33. The molecule has 0 fully saturated rings. The van der Waals surface area contributed by atoms with Crippen molar-refractivity contribution in [3.63, 3.8) is 0 Å². The highest BCUT2D eigenvalue weighted by Gasteiger charge is 2.25. The molecular formula is C44H39N5. The topological polar surface area (TPSA) is 62.5 Å². The van der Waals surface area contributed by atoms with Crippen LogP contribution in [-0.2, 0) is 0 Å². The van der Waals surface area contributed by atoms with Crippen molar-refractivity contribution in [3.8, 4) is 11.4 Å². The van der Waals surface area contributed by atoms with Crippen LogP contribution in [0.4, 0.5) is 0 Å². The molecule has 1 aliphatic rings. The van der Waals surface area contributed by atoms with Gasteiger partial charge in [-0.2, -0.15) is 0 Å². The number of hydrogen-bond acceptors (Lipinski definition) is 5. The molecule has 0 spiro atoms. The van der Waals surface area contributed by atoms with Gasteiger partial charge in [-0.15, -0.1) is 0 Å². The summed E-state index contributed by atoms with van der Waals surface area (Å²) in [4.78, 5) is 19.6. The molecule has 0 saturated carbocycles. The molecule has 2 unspecified atom stereocenters. The first-order valence-corrected chi connectivity index (χ1v) is 16.7.